The highest BCUT2D eigenvalue weighted by Crippen LogP contribution is 2.36. The molecule has 0 bridgehead atoms. The third-order valence-corrected chi connectivity index (χ3v) is 7.44. The lowest BCUT2D eigenvalue weighted by atomic mass is 10.0. The number of carboxylic acid groups (broad SMARTS) is 2. The maximum Gasteiger partial charge on any atom is 0.414 e. The molecule has 0 aromatic heterocycles. The molecule has 1 saturated heterocycles. The number of nitrogens with zero attached hydrogens (tertiary/aromatic N) is 2. The molecule has 3 aromatic rings. The van der Waals surface area contributed by atoms with E-state index >= 15 is 0 Å². The number of hydrogen-bond acceptors (Lipinski definition) is 5. The number of thioether (sulfide) groups is 1. The van der Waals surface area contributed by atoms with Gasteiger partial charge in [-0.1, -0.05) is 66.2 Å². The molecule has 1 unspecified atom stereocenters. The Hall–Kier alpha value is -3.00. The lowest BCUT2D eigenvalue weighted by Gasteiger charge is -2.36. The van der Waals surface area contributed by atoms with Crippen molar-refractivity contribution in [3.05, 3.63) is 101 Å². The number of hydrogen-bond donors (Lipinski definition) is 2. The second-order valence-electron chi connectivity index (χ2n) is 8.49. The Kier molecular flexibility index (Phi) is 10.7. The van der Waals surface area contributed by atoms with Crippen LogP contribution in [0, 0.1) is 6.92 Å². The monoisotopic (exact) mass is 526 g/mol. The van der Waals surface area contributed by atoms with Crippen molar-refractivity contribution in [2.45, 2.75) is 12.2 Å². The van der Waals surface area contributed by atoms with Gasteiger partial charge in [-0.25, -0.2) is 9.59 Å². The average molecular weight is 527 g/mol. The SMILES string of the molecule is Cc1cccc(N2CCN(CCSC(c3ccccc3)c3ccc(Cl)cc3)CC2)c1.O=C(O)C(=O)O. The zero-order chi connectivity index (χ0) is 25.9. The maximum absolute atomic E-state index is 9.10. The molecule has 4 rings (SSSR count). The van der Waals surface area contributed by atoms with E-state index in [9.17, 15) is 0 Å². The quantitative estimate of drug-likeness (QED) is 0.396. The van der Waals surface area contributed by atoms with Gasteiger partial charge < -0.3 is 15.1 Å². The second kappa shape index (κ2) is 13.9. The highest BCUT2D eigenvalue weighted by molar-refractivity contribution is 7.99. The molecule has 1 aliphatic heterocycles. The average Bonchev–Trinajstić information content (AvgIpc) is 2.88. The molecule has 1 aliphatic rings. The Balaban J connectivity index is 0.000000538. The Morgan fingerprint density at radius 1 is 0.861 bits per heavy atom. The summed E-state index contributed by atoms with van der Waals surface area (Å²) in [5, 5.41) is 15.9. The summed E-state index contributed by atoms with van der Waals surface area (Å²) >= 11 is 8.14. The predicted molar refractivity (Wildman–Crippen MR) is 147 cm³/mol. The van der Waals surface area contributed by atoms with Crippen LogP contribution >= 0.6 is 23.4 Å². The van der Waals surface area contributed by atoms with Gasteiger partial charge in [-0.05, 0) is 47.9 Å². The molecule has 36 heavy (non-hydrogen) atoms. The molecule has 3 aromatic carbocycles. The van der Waals surface area contributed by atoms with Crippen molar-refractivity contribution in [1.29, 1.82) is 0 Å². The molecular formula is C28H31ClN2O4S. The van der Waals surface area contributed by atoms with Gasteiger partial charge in [-0.15, -0.1) is 11.8 Å². The van der Waals surface area contributed by atoms with Crippen LogP contribution in [0.3, 0.4) is 0 Å². The Morgan fingerprint density at radius 3 is 2.06 bits per heavy atom. The van der Waals surface area contributed by atoms with Crippen LogP contribution in [0.25, 0.3) is 0 Å². The number of aryl methyl sites for hydroxylation is 1. The molecule has 0 spiro atoms. The Morgan fingerprint density at radius 2 is 1.47 bits per heavy atom. The fourth-order valence-electron chi connectivity index (χ4n) is 4.00. The molecule has 190 valence electrons. The Labute approximate surface area is 221 Å². The molecule has 8 heteroatoms. The fourth-order valence-corrected chi connectivity index (χ4v) is 5.43. The molecule has 0 saturated carbocycles. The first-order chi connectivity index (χ1) is 17.3. The van der Waals surface area contributed by atoms with Crippen LogP contribution < -0.4 is 4.90 Å². The van der Waals surface area contributed by atoms with Gasteiger partial charge in [0.25, 0.3) is 0 Å². The summed E-state index contributed by atoms with van der Waals surface area (Å²) in [6, 6.07) is 28.0. The lowest BCUT2D eigenvalue weighted by molar-refractivity contribution is -0.159. The van der Waals surface area contributed by atoms with Crippen molar-refractivity contribution < 1.29 is 19.8 Å². The van der Waals surface area contributed by atoms with Crippen molar-refractivity contribution in [2.75, 3.05) is 43.4 Å². The van der Waals surface area contributed by atoms with Crippen LogP contribution in [0.4, 0.5) is 5.69 Å². The number of piperazine rings is 1. The van der Waals surface area contributed by atoms with Gasteiger partial charge in [0.1, 0.15) is 0 Å². The number of benzene rings is 3. The van der Waals surface area contributed by atoms with Gasteiger partial charge in [0, 0.05) is 49.2 Å². The molecular weight excluding hydrogens is 496 g/mol. The molecule has 1 heterocycles. The van der Waals surface area contributed by atoms with E-state index in [-0.39, 0.29) is 0 Å². The van der Waals surface area contributed by atoms with Crippen LogP contribution in [-0.2, 0) is 9.59 Å². The van der Waals surface area contributed by atoms with E-state index in [0.29, 0.717) is 5.25 Å². The number of carboxylic acids is 2. The zero-order valence-corrected chi connectivity index (χ0v) is 21.8. The van der Waals surface area contributed by atoms with Crippen LogP contribution in [-0.4, -0.2) is 65.5 Å². The van der Waals surface area contributed by atoms with E-state index < -0.39 is 11.9 Å². The van der Waals surface area contributed by atoms with Crippen molar-refractivity contribution in [3.8, 4) is 0 Å². The van der Waals surface area contributed by atoms with Crippen LogP contribution in [0.15, 0.2) is 78.9 Å². The smallest absolute Gasteiger partial charge is 0.414 e. The number of carbonyl (C=O) groups is 2. The van der Waals surface area contributed by atoms with E-state index in [4.69, 9.17) is 31.4 Å². The van der Waals surface area contributed by atoms with Crippen molar-refractivity contribution in [1.82, 2.24) is 4.90 Å². The summed E-state index contributed by atoms with van der Waals surface area (Å²) in [6.45, 7) is 7.77. The van der Waals surface area contributed by atoms with Gasteiger partial charge in [0.15, 0.2) is 0 Å². The van der Waals surface area contributed by atoms with Gasteiger partial charge in [0.05, 0.1) is 5.25 Å². The highest BCUT2D eigenvalue weighted by Gasteiger charge is 2.19. The molecule has 0 amide bonds. The number of anilines is 1. The molecule has 6 nitrogen and oxygen atoms in total. The first kappa shape index (κ1) is 27.6. The summed E-state index contributed by atoms with van der Waals surface area (Å²) in [7, 11) is 0. The van der Waals surface area contributed by atoms with Gasteiger partial charge in [-0.3, -0.25) is 4.90 Å². The number of halogens is 1. The lowest BCUT2D eigenvalue weighted by Crippen LogP contribution is -2.47. The first-order valence-electron chi connectivity index (χ1n) is 11.8. The minimum atomic E-state index is -1.82. The van der Waals surface area contributed by atoms with Crippen molar-refractivity contribution >= 4 is 41.0 Å². The molecule has 2 N–H and O–H groups in total. The third kappa shape index (κ3) is 8.59. The Bertz CT molecular complexity index is 1110. The van der Waals surface area contributed by atoms with Gasteiger partial charge >= 0.3 is 11.9 Å². The summed E-state index contributed by atoms with van der Waals surface area (Å²) in [5.41, 5.74) is 5.37. The predicted octanol–water partition coefficient (Wildman–Crippen LogP) is 5.45. The third-order valence-electron chi connectivity index (χ3n) is 5.89. The number of aliphatic carboxylic acids is 2. The summed E-state index contributed by atoms with van der Waals surface area (Å²) < 4.78 is 0. The van der Waals surface area contributed by atoms with E-state index in [0.717, 1.165) is 43.5 Å². The molecule has 0 radical (unpaired) electrons. The summed E-state index contributed by atoms with van der Waals surface area (Å²) in [4.78, 5) is 23.3. The number of rotatable bonds is 7. The minimum absolute atomic E-state index is 0.344. The summed E-state index contributed by atoms with van der Waals surface area (Å²) in [5.74, 6) is -2.53. The van der Waals surface area contributed by atoms with Crippen LogP contribution in [0.2, 0.25) is 5.02 Å². The van der Waals surface area contributed by atoms with E-state index in [1.54, 1.807) is 0 Å². The largest absolute Gasteiger partial charge is 0.473 e. The van der Waals surface area contributed by atoms with E-state index in [1.807, 2.05) is 23.9 Å². The van der Waals surface area contributed by atoms with Gasteiger partial charge in [-0.2, -0.15) is 0 Å². The van der Waals surface area contributed by atoms with Crippen molar-refractivity contribution in [3.63, 3.8) is 0 Å². The first-order valence-corrected chi connectivity index (χ1v) is 13.2. The topological polar surface area (TPSA) is 81.1 Å². The maximum atomic E-state index is 9.10. The molecule has 1 atom stereocenters. The fraction of sp³-hybridized carbons (Fsp3) is 0.286. The van der Waals surface area contributed by atoms with Crippen LogP contribution in [0.1, 0.15) is 21.9 Å². The molecule has 1 fully saturated rings. The minimum Gasteiger partial charge on any atom is -0.473 e. The second-order valence-corrected chi connectivity index (χ2v) is 10.1. The normalized spacial score (nSPS) is 14.4. The zero-order valence-electron chi connectivity index (χ0n) is 20.2. The van der Waals surface area contributed by atoms with Gasteiger partial charge in [0.2, 0.25) is 0 Å². The van der Waals surface area contributed by atoms with Crippen LogP contribution in [0.5, 0.6) is 0 Å². The van der Waals surface area contributed by atoms with E-state index in [1.165, 1.54) is 22.4 Å². The van der Waals surface area contributed by atoms with E-state index in [2.05, 4.69) is 83.5 Å². The summed E-state index contributed by atoms with van der Waals surface area (Å²) in [6.07, 6.45) is 0. The standard InChI is InChI=1S/C26H29ClN2S.C2H2O4/c1-21-6-5-9-25(20-21)29-16-14-28(15-17-29)18-19-30-26(22-7-3-2-4-8-22)23-10-12-24(27)13-11-23;3-1(4)2(5)6/h2-13,20,26H,14-19H2,1H3;(H,3,4)(H,5,6). The molecule has 0 aliphatic carbocycles. The highest BCUT2D eigenvalue weighted by atomic mass is 35.5. The van der Waals surface area contributed by atoms with Crippen molar-refractivity contribution in [2.24, 2.45) is 0 Å².